The molecule has 1 atom stereocenters. The summed E-state index contributed by atoms with van der Waals surface area (Å²) in [6, 6.07) is 0.462. The molecule has 0 saturated heterocycles. The van der Waals surface area contributed by atoms with Gasteiger partial charge >= 0.3 is 0 Å². The summed E-state index contributed by atoms with van der Waals surface area (Å²) < 4.78 is 0. The third-order valence-electron chi connectivity index (χ3n) is 4.21. The van der Waals surface area contributed by atoms with E-state index in [4.69, 9.17) is 5.84 Å². The van der Waals surface area contributed by atoms with Gasteiger partial charge in [-0.25, -0.2) is 0 Å². The van der Waals surface area contributed by atoms with Crippen LogP contribution in [0.15, 0.2) is 12.2 Å². The average Bonchev–Trinajstić information content (AvgIpc) is 2.66. The Balaban J connectivity index is 2.68. The normalized spacial score (nSPS) is 20.8. The first-order valence-electron chi connectivity index (χ1n) is 7.10. The molecular weight excluding hydrogens is 208 g/mol. The Morgan fingerprint density at radius 1 is 1.35 bits per heavy atom. The van der Waals surface area contributed by atoms with Crippen LogP contribution in [0.25, 0.3) is 0 Å². The van der Waals surface area contributed by atoms with Crippen molar-refractivity contribution >= 4 is 0 Å². The molecule has 0 aliphatic heterocycles. The Bertz CT molecular complexity index is 239. The molecule has 1 saturated carbocycles. The minimum absolute atomic E-state index is 0.443. The van der Waals surface area contributed by atoms with Crippen molar-refractivity contribution in [2.45, 2.75) is 71.8 Å². The van der Waals surface area contributed by atoms with Gasteiger partial charge in [0.1, 0.15) is 0 Å². The third-order valence-corrected chi connectivity index (χ3v) is 4.21. The van der Waals surface area contributed by atoms with Crippen molar-refractivity contribution in [1.29, 1.82) is 0 Å². The van der Waals surface area contributed by atoms with E-state index in [9.17, 15) is 0 Å². The summed E-state index contributed by atoms with van der Waals surface area (Å²) in [5.74, 6) is 6.58. The highest BCUT2D eigenvalue weighted by molar-refractivity contribution is 4.97. The van der Waals surface area contributed by atoms with Gasteiger partial charge < -0.3 is 0 Å². The highest BCUT2D eigenvalue weighted by atomic mass is 15.2. The molecule has 17 heavy (non-hydrogen) atoms. The van der Waals surface area contributed by atoms with Crippen molar-refractivity contribution in [3.8, 4) is 0 Å². The predicted molar refractivity (Wildman–Crippen MR) is 75.5 cm³/mol. The van der Waals surface area contributed by atoms with Crippen LogP contribution >= 0.6 is 0 Å². The smallest absolute Gasteiger partial charge is 0.0270 e. The molecule has 0 heterocycles. The number of rotatable bonds is 7. The fourth-order valence-corrected chi connectivity index (χ4v) is 3.54. The second-order valence-corrected chi connectivity index (χ2v) is 6.38. The molecule has 2 nitrogen and oxygen atoms in total. The topological polar surface area (TPSA) is 38.0 Å². The number of nitrogens with one attached hydrogen (secondary N) is 1. The zero-order chi connectivity index (χ0) is 12.9. The van der Waals surface area contributed by atoms with Crippen LogP contribution < -0.4 is 11.3 Å². The molecule has 0 aromatic heterocycles. The van der Waals surface area contributed by atoms with Crippen molar-refractivity contribution in [3.05, 3.63) is 12.2 Å². The van der Waals surface area contributed by atoms with Crippen molar-refractivity contribution < 1.29 is 0 Å². The molecule has 2 heteroatoms. The zero-order valence-electron chi connectivity index (χ0n) is 11.9. The van der Waals surface area contributed by atoms with Crippen LogP contribution in [-0.4, -0.2) is 6.04 Å². The van der Waals surface area contributed by atoms with Crippen molar-refractivity contribution in [2.75, 3.05) is 0 Å². The van der Waals surface area contributed by atoms with Gasteiger partial charge in [0.15, 0.2) is 0 Å². The summed E-state index contributed by atoms with van der Waals surface area (Å²) in [5.41, 5.74) is 4.81. The van der Waals surface area contributed by atoms with Crippen LogP contribution in [0.3, 0.4) is 0 Å². The van der Waals surface area contributed by atoms with Crippen LogP contribution in [0.2, 0.25) is 0 Å². The average molecular weight is 238 g/mol. The van der Waals surface area contributed by atoms with Gasteiger partial charge in [0.05, 0.1) is 0 Å². The maximum Gasteiger partial charge on any atom is 0.0270 e. The minimum atomic E-state index is 0.443. The van der Waals surface area contributed by atoms with Crippen molar-refractivity contribution in [3.63, 3.8) is 0 Å². The van der Waals surface area contributed by atoms with Gasteiger partial charge in [-0.15, -0.1) is 6.58 Å². The molecule has 1 unspecified atom stereocenters. The van der Waals surface area contributed by atoms with Crippen LogP contribution in [0.1, 0.15) is 65.7 Å². The maximum absolute atomic E-state index is 5.82. The molecule has 100 valence electrons. The van der Waals surface area contributed by atoms with Gasteiger partial charge in [0, 0.05) is 6.04 Å². The summed E-state index contributed by atoms with van der Waals surface area (Å²) in [5, 5.41) is 0. The monoisotopic (exact) mass is 238 g/mol. The number of allylic oxidation sites excluding steroid dienone is 1. The van der Waals surface area contributed by atoms with E-state index in [0.29, 0.717) is 11.5 Å². The molecule has 0 amide bonds. The largest absolute Gasteiger partial charge is 0.271 e. The van der Waals surface area contributed by atoms with E-state index < -0.39 is 0 Å². The Kier molecular flexibility index (Phi) is 5.68. The second-order valence-electron chi connectivity index (χ2n) is 6.38. The van der Waals surface area contributed by atoms with Gasteiger partial charge in [-0.2, -0.15) is 0 Å². The number of nitrogens with two attached hydrogens (primary N) is 1. The van der Waals surface area contributed by atoms with E-state index in [0.717, 1.165) is 18.8 Å². The summed E-state index contributed by atoms with van der Waals surface area (Å²) >= 11 is 0. The molecular formula is C15H30N2. The van der Waals surface area contributed by atoms with E-state index >= 15 is 0 Å². The number of hydrogen-bond acceptors (Lipinski definition) is 2. The van der Waals surface area contributed by atoms with E-state index in [1.54, 1.807) is 0 Å². The molecule has 0 aromatic rings. The lowest BCUT2D eigenvalue weighted by molar-refractivity contribution is 0.148. The standard InChI is InChI=1S/C15H30N2/c1-12(2)7-8-14(17-16)15(11-13(3)4)9-5-6-10-15/h13-14,17H,1,5-11,16H2,2-4H3. The Hall–Kier alpha value is -0.340. The fraction of sp³-hybridized carbons (Fsp3) is 0.867. The molecule has 3 N–H and O–H groups in total. The fourth-order valence-electron chi connectivity index (χ4n) is 3.54. The highest BCUT2D eigenvalue weighted by Gasteiger charge is 2.40. The van der Waals surface area contributed by atoms with E-state index in [2.05, 4.69) is 32.8 Å². The lowest BCUT2D eigenvalue weighted by Crippen LogP contribution is -2.48. The summed E-state index contributed by atoms with van der Waals surface area (Å²) in [6.45, 7) is 10.8. The quantitative estimate of drug-likeness (QED) is 0.402. The molecule has 0 bridgehead atoms. The molecule has 1 aliphatic carbocycles. The first-order chi connectivity index (χ1) is 8.00. The first kappa shape index (κ1) is 14.7. The number of hydrogen-bond donors (Lipinski definition) is 2. The first-order valence-corrected chi connectivity index (χ1v) is 7.10. The van der Waals surface area contributed by atoms with Crippen molar-refractivity contribution in [2.24, 2.45) is 17.2 Å². The Morgan fingerprint density at radius 2 is 1.94 bits per heavy atom. The maximum atomic E-state index is 5.82. The summed E-state index contributed by atoms with van der Waals surface area (Å²) in [7, 11) is 0. The lowest BCUT2D eigenvalue weighted by atomic mass is 9.71. The Labute approximate surface area is 107 Å². The summed E-state index contributed by atoms with van der Waals surface area (Å²) in [4.78, 5) is 0. The minimum Gasteiger partial charge on any atom is -0.271 e. The van der Waals surface area contributed by atoms with Gasteiger partial charge in [0.2, 0.25) is 0 Å². The third kappa shape index (κ3) is 4.11. The SMILES string of the molecule is C=C(C)CCC(NN)C1(CC(C)C)CCCC1. The summed E-state index contributed by atoms with van der Waals surface area (Å²) in [6.07, 6.45) is 8.97. The molecule has 0 spiro atoms. The molecule has 1 rings (SSSR count). The van der Waals surface area contributed by atoms with E-state index in [-0.39, 0.29) is 0 Å². The number of hydrazine groups is 1. The van der Waals surface area contributed by atoms with Crippen LogP contribution in [0.5, 0.6) is 0 Å². The molecule has 0 radical (unpaired) electrons. The van der Waals surface area contributed by atoms with E-state index in [1.807, 2.05) is 0 Å². The highest BCUT2D eigenvalue weighted by Crippen LogP contribution is 2.47. The van der Waals surface area contributed by atoms with E-state index in [1.165, 1.54) is 37.7 Å². The molecule has 1 aliphatic rings. The Morgan fingerprint density at radius 3 is 2.35 bits per heavy atom. The van der Waals surface area contributed by atoms with Gasteiger partial charge in [-0.05, 0) is 50.4 Å². The molecule has 0 aromatic carbocycles. The predicted octanol–water partition coefficient (Wildman–Crippen LogP) is 3.78. The van der Waals surface area contributed by atoms with Crippen molar-refractivity contribution in [1.82, 2.24) is 5.43 Å². The van der Waals surface area contributed by atoms with Crippen LogP contribution in [0.4, 0.5) is 0 Å². The van der Waals surface area contributed by atoms with Gasteiger partial charge in [-0.1, -0.05) is 32.3 Å². The van der Waals surface area contributed by atoms with Gasteiger partial charge in [-0.3, -0.25) is 11.3 Å². The lowest BCUT2D eigenvalue weighted by Gasteiger charge is -2.39. The second kappa shape index (κ2) is 6.55. The van der Waals surface area contributed by atoms with Gasteiger partial charge in [0.25, 0.3) is 0 Å². The van der Waals surface area contributed by atoms with Crippen LogP contribution in [-0.2, 0) is 0 Å². The van der Waals surface area contributed by atoms with Crippen LogP contribution in [0, 0.1) is 11.3 Å². The molecule has 1 fully saturated rings. The zero-order valence-corrected chi connectivity index (χ0v) is 11.9.